The Morgan fingerprint density at radius 1 is 1.48 bits per heavy atom. The number of carbonyl (C=O) groups excluding carboxylic acids is 1. The molecule has 1 fully saturated rings. The molecule has 0 bridgehead atoms. The summed E-state index contributed by atoms with van der Waals surface area (Å²) in [6.45, 7) is 4.69. The number of nitrogens with zero attached hydrogens (tertiary/aromatic N) is 3. The van der Waals surface area contributed by atoms with Crippen LogP contribution in [0, 0.1) is 5.92 Å². The van der Waals surface area contributed by atoms with Gasteiger partial charge in [0.15, 0.2) is 0 Å². The highest BCUT2D eigenvalue weighted by Gasteiger charge is 2.28. The van der Waals surface area contributed by atoms with E-state index < -0.39 is 0 Å². The summed E-state index contributed by atoms with van der Waals surface area (Å²) in [6, 6.07) is 4.98. The molecule has 2 aromatic rings. The van der Waals surface area contributed by atoms with E-state index in [9.17, 15) is 9.59 Å². The highest BCUT2D eigenvalue weighted by molar-refractivity contribution is 6.30. The van der Waals surface area contributed by atoms with Gasteiger partial charge >= 0.3 is 0 Å². The Kier molecular flexibility index (Phi) is 4.63. The van der Waals surface area contributed by atoms with Crippen LogP contribution in [0.25, 0.3) is 5.65 Å². The monoisotopic (exact) mass is 334 g/mol. The average Bonchev–Trinajstić information content (AvgIpc) is 2.97. The van der Waals surface area contributed by atoms with Gasteiger partial charge in [0, 0.05) is 31.9 Å². The fourth-order valence-electron chi connectivity index (χ4n) is 2.95. The molecule has 3 heterocycles. The van der Waals surface area contributed by atoms with Crippen molar-refractivity contribution in [2.45, 2.75) is 19.9 Å². The molecule has 0 spiro atoms. The van der Waals surface area contributed by atoms with Crippen molar-refractivity contribution in [1.82, 2.24) is 19.6 Å². The van der Waals surface area contributed by atoms with Gasteiger partial charge in [0.2, 0.25) is 5.91 Å². The van der Waals surface area contributed by atoms with Gasteiger partial charge in [-0.25, -0.2) is 4.98 Å². The van der Waals surface area contributed by atoms with Crippen molar-refractivity contribution >= 4 is 23.2 Å². The fraction of sp³-hybridized carbons (Fsp3) is 0.438. The minimum absolute atomic E-state index is 0.0234. The molecule has 1 aliphatic heterocycles. The van der Waals surface area contributed by atoms with Crippen molar-refractivity contribution in [3.8, 4) is 0 Å². The van der Waals surface area contributed by atoms with Crippen LogP contribution in [0.3, 0.4) is 0 Å². The molecule has 7 heteroatoms. The minimum atomic E-state index is -0.146. The Labute approximate surface area is 139 Å². The number of halogens is 1. The lowest BCUT2D eigenvalue weighted by Gasteiger charge is -2.15. The maximum Gasteiger partial charge on any atom is 0.258 e. The van der Waals surface area contributed by atoms with Gasteiger partial charge in [0.1, 0.15) is 5.65 Å². The van der Waals surface area contributed by atoms with E-state index in [1.165, 1.54) is 10.5 Å². The van der Waals surface area contributed by atoms with E-state index in [1.54, 1.807) is 18.3 Å². The topological polar surface area (TPSA) is 66.7 Å². The summed E-state index contributed by atoms with van der Waals surface area (Å²) in [5, 5.41) is 3.36. The predicted octanol–water partition coefficient (Wildman–Crippen LogP) is 1.31. The summed E-state index contributed by atoms with van der Waals surface area (Å²) in [6.07, 6.45) is 2.41. The van der Waals surface area contributed by atoms with Gasteiger partial charge in [-0.1, -0.05) is 11.6 Å². The van der Waals surface area contributed by atoms with Crippen LogP contribution in [-0.2, 0) is 11.3 Å². The molecule has 1 atom stereocenters. The van der Waals surface area contributed by atoms with Crippen LogP contribution in [0.4, 0.5) is 0 Å². The molecule has 122 valence electrons. The van der Waals surface area contributed by atoms with Crippen molar-refractivity contribution in [3.63, 3.8) is 0 Å². The summed E-state index contributed by atoms with van der Waals surface area (Å²) in [4.78, 5) is 30.7. The first-order valence-electron chi connectivity index (χ1n) is 7.74. The summed E-state index contributed by atoms with van der Waals surface area (Å²) in [7, 11) is 0. The maximum atomic E-state index is 12.2. The summed E-state index contributed by atoms with van der Waals surface area (Å²) < 4.78 is 1.44. The Hall–Kier alpha value is -1.92. The second-order valence-corrected chi connectivity index (χ2v) is 6.21. The normalized spacial score (nSPS) is 18.4. The molecule has 0 radical (unpaired) electrons. The molecule has 1 N–H and O–H groups in total. The first-order valence-corrected chi connectivity index (χ1v) is 8.12. The van der Waals surface area contributed by atoms with E-state index >= 15 is 0 Å². The molecule has 1 amide bonds. The number of amides is 1. The zero-order valence-electron chi connectivity index (χ0n) is 13.0. The number of nitrogens with one attached hydrogen (secondary N) is 1. The summed E-state index contributed by atoms with van der Waals surface area (Å²) >= 11 is 5.91. The van der Waals surface area contributed by atoms with Crippen LogP contribution >= 0.6 is 11.6 Å². The highest BCUT2D eigenvalue weighted by atomic mass is 35.5. The fourth-order valence-corrected chi connectivity index (χ4v) is 3.11. The molecule has 0 aromatic carbocycles. The maximum absolute atomic E-state index is 12.2. The molecular weight excluding hydrogens is 316 g/mol. The van der Waals surface area contributed by atoms with Crippen LogP contribution in [0.5, 0.6) is 0 Å². The molecule has 1 saturated heterocycles. The third-order valence-corrected chi connectivity index (χ3v) is 4.28. The van der Waals surface area contributed by atoms with E-state index in [0.29, 0.717) is 36.0 Å². The number of rotatable bonds is 4. The Morgan fingerprint density at radius 2 is 2.30 bits per heavy atom. The minimum Gasteiger partial charge on any atom is -0.356 e. The third-order valence-electron chi connectivity index (χ3n) is 4.06. The number of likely N-dealkylation sites (tertiary alicyclic amines) is 1. The first kappa shape index (κ1) is 16.0. The first-order chi connectivity index (χ1) is 11.1. The summed E-state index contributed by atoms with van der Waals surface area (Å²) in [5.41, 5.74) is 1.15. The molecule has 6 nitrogen and oxygen atoms in total. The van der Waals surface area contributed by atoms with Crippen molar-refractivity contribution < 1.29 is 4.79 Å². The molecule has 2 aromatic heterocycles. The highest BCUT2D eigenvalue weighted by Crippen LogP contribution is 2.18. The third kappa shape index (κ3) is 3.54. The number of carbonyl (C=O) groups is 1. The predicted molar refractivity (Wildman–Crippen MR) is 88.5 cm³/mol. The Balaban J connectivity index is 1.74. The van der Waals surface area contributed by atoms with Crippen molar-refractivity contribution in [3.05, 3.63) is 45.5 Å². The van der Waals surface area contributed by atoms with Crippen molar-refractivity contribution in [1.29, 1.82) is 0 Å². The van der Waals surface area contributed by atoms with Crippen LogP contribution in [-0.4, -0.2) is 39.8 Å². The van der Waals surface area contributed by atoms with Gasteiger partial charge < -0.3 is 5.32 Å². The van der Waals surface area contributed by atoms with Gasteiger partial charge in [-0.15, -0.1) is 0 Å². The second-order valence-electron chi connectivity index (χ2n) is 5.78. The molecule has 3 rings (SSSR count). The number of fused-ring (bicyclic) bond motifs is 1. The van der Waals surface area contributed by atoms with E-state index in [2.05, 4.69) is 15.2 Å². The molecule has 1 aliphatic rings. The molecule has 0 saturated carbocycles. The number of pyridine rings is 1. The summed E-state index contributed by atoms with van der Waals surface area (Å²) in [5.74, 6) is 0.131. The van der Waals surface area contributed by atoms with E-state index in [4.69, 9.17) is 11.6 Å². The lowest BCUT2D eigenvalue weighted by atomic mass is 10.1. The largest absolute Gasteiger partial charge is 0.356 e. The smallest absolute Gasteiger partial charge is 0.258 e. The lowest BCUT2D eigenvalue weighted by molar-refractivity contribution is -0.124. The van der Waals surface area contributed by atoms with Gasteiger partial charge in [-0.3, -0.25) is 18.9 Å². The molecule has 23 heavy (non-hydrogen) atoms. The second kappa shape index (κ2) is 6.68. The number of hydrogen-bond acceptors (Lipinski definition) is 4. The standard InChI is InChI=1S/C16H19ClN4O2/c1-2-18-16(23)11-5-6-20(8-11)10-13-7-15(22)21-9-12(17)3-4-14(21)19-13/h3-4,7,9,11H,2,5-6,8,10H2,1H3,(H,18,23)/t11-/m1/s1. The van der Waals surface area contributed by atoms with Crippen LogP contribution in [0.15, 0.2) is 29.2 Å². The average molecular weight is 335 g/mol. The van der Waals surface area contributed by atoms with Crippen molar-refractivity contribution in [2.75, 3.05) is 19.6 Å². The lowest BCUT2D eigenvalue weighted by Crippen LogP contribution is -2.32. The van der Waals surface area contributed by atoms with Crippen LogP contribution in [0.1, 0.15) is 19.0 Å². The number of hydrogen-bond donors (Lipinski definition) is 1. The number of aromatic nitrogens is 2. The van der Waals surface area contributed by atoms with E-state index in [0.717, 1.165) is 13.0 Å². The van der Waals surface area contributed by atoms with Gasteiger partial charge in [0.05, 0.1) is 16.6 Å². The van der Waals surface area contributed by atoms with Gasteiger partial charge in [-0.05, 0) is 32.0 Å². The zero-order chi connectivity index (χ0) is 16.4. The van der Waals surface area contributed by atoms with E-state index in [-0.39, 0.29) is 17.4 Å². The van der Waals surface area contributed by atoms with Gasteiger partial charge in [0.25, 0.3) is 5.56 Å². The van der Waals surface area contributed by atoms with Crippen LogP contribution < -0.4 is 10.9 Å². The quantitative estimate of drug-likeness (QED) is 0.915. The zero-order valence-corrected chi connectivity index (χ0v) is 13.7. The molecular formula is C16H19ClN4O2. The SMILES string of the molecule is CCNC(=O)[C@@H]1CCN(Cc2cc(=O)n3cc(Cl)ccc3n2)C1. The van der Waals surface area contributed by atoms with Gasteiger partial charge in [-0.2, -0.15) is 0 Å². The van der Waals surface area contributed by atoms with Crippen LogP contribution in [0.2, 0.25) is 5.02 Å². The Bertz CT molecular complexity index is 789. The molecule has 0 aliphatic carbocycles. The van der Waals surface area contributed by atoms with Crippen molar-refractivity contribution in [2.24, 2.45) is 5.92 Å². The Morgan fingerprint density at radius 3 is 3.09 bits per heavy atom. The van der Waals surface area contributed by atoms with E-state index in [1.807, 2.05) is 6.92 Å². The molecule has 0 unspecified atom stereocenters.